The van der Waals surface area contributed by atoms with Crippen molar-refractivity contribution in [2.45, 2.75) is 45.7 Å². The van der Waals surface area contributed by atoms with Crippen molar-refractivity contribution in [1.82, 2.24) is 34.4 Å². The quantitative estimate of drug-likeness (QED) is 0.260. The Hall–Kier alpha value is -3.21. The maximum Gasteiger partial charge on any atom is 0.278 e. The normalized spacial score (nSPS) is 13.7. The number of nitrogens with one attached hydrogen (secondary N) is 3. The molecule has 0 atom stereocenters. The van der Waals surface area contributed by atoms with E-state index in [2.05, 4.69) is 64.3 Å². The zero-order valence-electron chi connectivity index (χ0n) is 21.1. The second-order valence-corrected chi connectivity index (χ2v) is 11.0. The number of anilines is 2. The van der Waals surface area contributed by atoms with Crippen LogP contribution in [0.3, 0.4) is 0 Å². The van der Waals surface area contributed by atoms with Gasteiger partial charge in [-0.1, -0.05) is 38.8 Å². The number of fused-ring (bicyclic) bond motifs is 2. The van der Waals surface area contributed by atoms with Crippen molar-refractivity contribution in [2.75, 3.05) is 24.7 Å². The van der Waals surface area contributed by atoms with Crippen LogP contribution in [0.1, 0.15) is 37.6 Å². The molecule has 0 radical (unpaired) electrons. The lowest BCUT2D eigenvalue weighted by Crippen LogP contribution is -2.24. The smallest absolute Gasteiger partial charge is 0.278 e. The summed E-state index contributed by atoms with van der Waals surface area (Å²) >= 11 is 1.56. The Bertz CT molecular complexity index is 1450. The third-order valence-electron chi connectivity index (χ3n) is 6.33. The van der Waals surface area contributed by atoms with E-state index in [0.29, 0.717) is 23.5 Å². The lowest BCUT2D eigenvalue weighted by Gasteiger charge is -2.19. The van der Waals surface area contributed by atoms with Gasteiger partial charge in [-0.2, -0.15) is 4.98 Å². The summed E-state index contributed by atoms with van der Waals surface area (Å²) in [7, 11) is 1.88. The maximum atomic E-state index is 13.4. The molecular weight excluding hydrogens is 472 g/mol. The predicted octanol–water partition coefficient (Wildman–Crippen LogP) is 3.53. The summed E-state index contributed by atoms with van der Waals surface area (Å²) in [6.45, 7) is 8.77. The van der Waals surface area contributed by atoms with Gasteiger partial charge in [0.15, 0.2) is 5.65 Å². The van der Waals surface area contributed by atoms with Crippen LogP contribution in [0.5, 0.6) is 0 Å². The Balaban J connectivity index is 1.60. The summed E-state index contributed by atoms with van der Waals surface area (Å²) in [5, 5.41) is 7.24. The molecule has 1 aromatic carbocycles. The van der Waals surface area contributed by atoms with Crippen molar-refractivity contribution in [3.8, 4) is 5.69 Å². The second kappa shape index (κ2) is 10.0. The van der Waals surface area contributed by atoms with Crippen LogP contribution in [0, 0.1) is 0 Å². The molecule has 0 saturated carbocycles. The van der Waals surface area contributed by atoms with Crippen molar-refractivity contribution >= 4 is 34.6 Å². The first-order valence-corrected chi connectivity index (χ1v) is 13.2. The summed E-state index contributed by atoms with van der Waals surface area (Å²) in [6, 6.07) is 10.3. The predicted molar refractivity (Wildman–Crippen MR) is 146 cm³/mol. The molecule has 5 rings (SSSR count). The minimum absolute atomic E-state index is 0.109. The summed E-state index contributed by atoms with van der Waals surface area (Å²) in [5.74, 6) is 1.18. The van der Waals surface area contributed by atoms with Crippen LogP contribution in [-0.4, -0.2) is 43.7 Å². The van der Waals surface area contributed by atoms with E-state index in [1.807, 2.05) is 23.9 Å². The van der Waals surface area contributed by atoms with Crippen molar-refractivity contribution < 1.29 is 0 Å². The molecule has 0 amide bonds. The van der Waals surface area contributed by atoms with Gasteiger partial charge in [0, 0.05) is 41.5 Å². The van der Waals surface area contributed by atoms with Gasteiger partial charge < -0.3 is 10.6 Å². The average molecular weight is 505 g/mol. The molecule has 1 aliphatic heterocycles. The first-order chi connectivity index (χ1) is 17.3. The highest BCUT2D eigenvalue weighted by molar-refractivity contribution is 7.97. The molecule has 0 aliphatic carbocycles. The molecule has 9 nitrogen and oxygen atoms in total. The fraction of sp³-hybridized carbons (Fsp3) is 0.385. The molecule has 1 aliphatic rings. The Morgan fingerprint density at radius 2 is 2.00 bits per heavy atom. The standard InChI is InChI=1S/C26H32N8OS/c1-26(2,3)22-14-20(8-10-29-22)34-23-21(24(35)33(34)11-12-36-27-4)16-30-25(32-23)31-19-6-5-17-7-9-28-15-18(17)13-19/h5-6,8,10,13-14,16,27-28H,7,9,11-12,15H2,1-4H3,(H,30,31,32). The highest BCUT2D eigenvalue weighted by Gasteiger charge is 2.21. The number of hydrogen-bond acceptors (Lipinski definition) is 8. The highest BCUT2D eigenvalue weighted by atomic mass is 32.2. The van der Waals surface area contributed by atoms with Gasteiger partial charge in [0.2, 0.25) is 5.95 Å². The molecule has 3 aromatic heterocycles. The third-order valence-corrected chi connectivity index (χ3v) is 7.01. The van der Waals surface area contributed by atoms with Crippen molar-refractivity contribution in [2.24, 2.45) is 0 Å². The molecule has 3 N–H and O–H groups in total. The fourth-order valence-electron chi connectivity index (χ4n) is 4.44. The highest BCUT2D eigenvalue weighted by Crippen LogP contribution is 2.25. The molecule has 36 heavy (non-hydrogen) atoms. The van der Waals surface area contributed by atoms with Gasteiger partial charge in [-0.25, -0.2) is 14.3 Å². The van der Waals surface area contributed by atoms with E-state index in [0.717, 1.165) is 42.3 Å². The molecule has 4 heterocycles. The first kappa shape index (κ1) is 24.5. The van der Waals surface area contributed by atoms with E-state index in [-0.39, 0.29) is 11.0 Å². The molecule has 4 aromatic rings. The summed E-state index contributed by atoms with van der Waals surface area (Å²) in [4.78, 5) is 27.3. The number of benzene rings is 1. The second-order valence-electron chi connectivity index (χ2n) is 9.91. The van der Waals surface area contributed by atoms with Crippen LogP contribution < -0.4 is 20.9 Å². The van der Waals surface area contributed by atoms with Crippen LogP contribution >= 0.6 is 11.9 Å². The minimum Gasteiger partial charge on any atom is -0.324 e. The van der Waals surface area contributed by atoms with Gasteiger partial charge in [0.25, 0.3) is 5.56 Å². The first-order valence-electron chi connectivity index (χ1n) is 12.2. The summed E-state index contributed by atoms with van der Waals surface area (Å²) in [6.07, 6.45) is 4.45. The molecule has 10 heteroatoms. The molecule has 188 valence electrons. The zero-order chi connectivity index (χ0) is 25.3. The number of rotatable bonds is 7. The van der Waals surface area contributed by atoms with Crippen LogP contribution in [0.2, 0.25) is 0 Å². The van der Waals surface area contributed by atoms with E-state index in [1.165, 1.54) is 11.1 Å². The summed E-state index contributed by atoms with van der Waals surface area (Å²) in [5.41, 5.74) is 5.70. The number of aromatic nitrogens is 5. The molecule has 0 fully saturated rings. The van der Waals surface area contributed by atoms with E-state index in [4.69, 9.17) is 4.98 Å². The summed E-state index contributed by atoms with van der Waals surface area (Å²) < 4.78 is 6.71. The molecular formula is C26H32N8OS. The van der Waals surface area contributed by atoms with Crippen molar-refractivity contribution in [3.63, 3.8) is 0 Å². The van der Waals surface area contributed by atoms with Crippen LogP contribution in [0.4, 0.5) is 11.6 Å². The van der Waals surface area contributed by atoms with Gasteiger partial charge in [0.05, 0.1) is 12.2 Å². The van der Waals surface area contributed by atoms with Gasteiger partial charge in [0.1, 0.15) is 5.39 Å². The van der Waals surface area contributed by atoms with Crippen LogP contribution in [0.15, 0.2) is 47.5 Å². The number of pyridine rings is 1. The third kappa shape index (κ3) is 4.88. The maximum absolute atomic E-state index is 13.4. The van der Waals surface area contributed by atoms with Gasteiger partial charge in [-0.15, -0.1) is 0 Å². The fourth-order valence-corrected chi connectivity index (χ4v) is 4.90. The lowest BCUT2D eigenvalue weighted by molar-refractivity contribution is 0.558. The zero-order valence-corrected chi connectivity index (χ0v) is 21.9. The van der Waals surface area contributed by atoms with Crippen molar-refractivity contribution in [1.29, 1.82) is 0 Å². The molecule has 0 saturated heterocycles. The average Bonchev–Trinajstić information content (AvgIpc) is 3.14. The van der Waals surface area contributed by atoms with Crippen LogP contribution in [-0.2, 0) is 24.9 Å². The molecule has 0 spiro atoms. The minimum atomic E-state index is -0.130. The SMILES string of the molecule is CNSCCn1c(=O)c2cnc(Nc3ccc4c(c3)CNCC4)nc2n1-c1ccnc(C(C)(C)C)c1. The van der Waals surface area contributed by atoms with Crippen molar-refractivity contribution in [3.05, 3.63) is 69.9 Å². The molecule has 0 unspecified atom stereocenters. The van der Waals surface area contributed by atoms with Gasteiger partial charge >= 0.3 is 0 Å². The van der Waals surface area contributed by atoms with E-state index >= 15 is 0 Å². The Morgan fingerprint density at radius 3 is 2.81 bits per heavy atom. The Labute approximate surface area is 214 Å². The van der Waals surface area contributed by atoms with E-state index < -0.39 is 0 Å². The van der Waals surface area contributed by atoms with Crippen LogP contribution in [0.25, 0.3) is 16.7 Å². The van der Waals surface area contributed by atoms with Gasteiger partial charge in [-0.05, 0) is 55.4 Å². The van der Waals surface area contributed by atoms with Gasteiger partial charge in [-0.3, -0.25) is 14.5 Å². The molecule has 0 bridgehead atoms. The number of nitrogens with zero attached hydrogens (tertiary/aromatic N) is 5. The number of hydrogen-bond donors (Lipinski definition) is 3. The lowest BCUT2D eigenvalue weighted by atomic mass is 9.91. The van der Waals surface area contributed by atoms with E-state index in [9.17, 15) is 4.79 Å². The van der Waals surface area contributed by atoms with E-state index in [1.54, 1.807) is 29.0 Å². The monoisotopic (exact) mass is 504 g/mol. The Morgan fingerprint density at radius 1 is 1.14 bits per heavy atom. The Kier molecular flexibility index (Phi) is 6.83. The topological polar surface area (TPSA) is 102 Å². The largest absolute Gasteiger partial charge is 0.324 e.